The summed E-state index contributed by atoms with van der Waals surface area (Å²) in [5.74, 6) is 0.779. The van der Waals surface area contributed by atoms with Gasteiger partial charge >= 0.3 is 0 Å². The van der Waals surface area contributed by atoms with Gasteiger partial charge in [-0.15, -0.1) is 0 Å². The van der Waals surface area contributed by atoms with E-state index in [9.17, 15) is 4.79 Å². The fraction of sp³-hybridized carbons (Fsp3) is 0.208. The molecule has 4 rings (SSSR count). The summed E-state index contributed by atoms with van der Waals surface area (Å²) in [7, 11) is 1.64. The first kappa shape index (κ1) is 19.6. The van der Waals surface area contributed by atoms with E-state index in [1.54, 1.807) is 13.3 Å². The van der Waals surface area contributed by atoms with Crippen molar-refractivity contribution in [1.82, 2.24) is 14.8 Å². The maximum absolute atomic E-state index is 13.2. The van der Waals surface area contributed by atoms with Gasteiger partial charge in [-0.3, -0.25) is 9.78 Å². The molecule has 0 aliphatic carbocycles. The summed E-state index contributed by atoms with van der Waals surface area (Å²) < 4.78 is 6.77. The van der Waals surface area contributed by atoms with E-state index >= 15 is 0 Å². The van der Waals surface area contributed by atoms with Gasteiger partial charge in [0.15, 0.2) is 0 Å². The Morgan fingerprint density at radius 2 is 1.80 bits per heavy atom. The monoisotopic (exact) mass is 400 g/mol. The summed E-state index contributed by atoms with van der Waals surface area (Å²) in [6, 6.07) is 15.7. The van der Waals surface area contributed by atoms with Crippen molar-refractivity contribution in [3.63, 3.8) is 0 Å². The lowest BCUT2D eigenvalue weighted by molar-refractivity contribution is 0.415. The summed E-state index contributed by atoms with van der Waals surface area (Å²) >= 11 is 0. The summed E-state index contributed by atoms with van der Waals surface area (Å²) in [6.45, 7) is 4.43. The first-order valence-corrected chi connectivity index (χ1v) is 10.0. The largest absolute Gasteiger partial charge is 0.497 e. The van der Waals surface area contributed by atoms with Gasteiger partial charge in [0.2, 0.25) is 0 Å². The second kappa shape index (κ2) is 8.37. The van der Waals surface area contributed by atoms with Gasteiger partial charge in [-0.2, -0.15) is 5.10 Å². The average molecular weight is 400 g/mol. The van der Waals surface area contributed by atoms with Gasteiger partial charge < -0.3 is 10.1 Å². The minimum Gasteiger partial charge on any atom is -0.497 e. The Hall–Kier alpha value is -3.67. The number of methoxy groups -OCH3 is 1. The highest BCUT2D eigenvalue weighted by atomic mass is 16.5. The fourth-order valence-corrected chi connectivity index (χ4v) is 3.62. The zero-order chi connectivity index (χ0) is 21.1. The zero-order valence-electron chi connectivity index (χ0n) is 17.3. The van der Waals surface area contributed by atoms with Crippen LogP contribution in [-0.2, 0) is 13.0 Å². The van der Waals surface area contributed by atoms with Crippen LogP contribution in [-0.4, -0.2) is 21.9 Å². The maximum atomic E-state index is 13.2. The molecule has 0 spiro atoms. The minimum atomic E-state index is -0.139. The summed E-state index contributed by atoms with van der Waals surface area (Å²) in [5.41, 5.74) is 3.81. The van der Waals surface area contributed by atoms with Crippen molar-refractivity contribution in [2.75, 3.05) is 12.4 Å². The Balaban J connectivity index is 1.91. The molecule has 0 saturated heterocycles. The highest BCUT2D eigenvalue weighted by Gasteiger charge is 2.18. The van der Waals surface area contributed by atoms with Gasteiger partial charge in [-0.1, -0.05) is 31.2 Å². The molecule has 0 aliphatic rings. The van der Waals surface area contributed by atoms with E-state index in [1.807, 2.05) is 68.6 Å². The van der Waals surface area contributed by atoms with E-state index in [4.69, 9.17) is 4.74 Å². The van der Waals surface area contributed by atoms with Crippen LogP contribution in [0.15, 0.2) is 65.7 Å². The predicted octanol–water partition coefficient (Wildman–Crippen LogP) is 4.79. The van der Waals surface area contributed by atoms with Gasteiger partial charge in [0, 0.05) is 34.6 Å². The fourth-order valence-electron chi connectivity index (χ4n) is 3.62. The summed E-state index contributed by atoms with van der Waals surface area (Å²) in [6.07, 6.45) is 4.24. The van der Waals surface area contributed by atoms with Crippen molar-refractivity contribution >= 4 is 22.1 Å². The maximum Gasteiger partial charge on any atom is 0.290 e. The zero-order valence-corrected chi connectivity index (χ0v) is 17.3. The molecule has 2 heterocycles. The highest BCUT2D eigenvalue weighted by molar-refractivity contribution is 5.94. The summed E-state index contributed by atoms with van der Waals surface area (Å²) in [5, 5.41) is 10.1. The molecule has 1 N–H and O–H groups in total. The van der Waals surface area contributed by atoms with E-state index < -0.39 is 0 Å². The molecule has 0 bridgehead atoms. The molecule has 0 amide bonds. The van der Waals surface area contributed by atoms with Gasteiger partial charge in [-0.05, 0) is 37.6 Å². The van der Waals surface area contributed by atoms with Crippen LogP contribution in [0.1, 0.15) is 19.4 Å². The lowest BCUT2D eigenvalue weighted by atomic mass is 10.0. The molecule has 0 atom stereocenters. The number of hydrogen-bond acceptors (Lipinski definition) is 5. The molecule has 4 aromatic rings. The van der Waals surface area contributed by atoms with Crippen LogP contribution in [0.4, 0.5) is 11.4 Å². The average Bonchev–Trinajstić information content (AvgIpc) is 2.80. The molecule has 0 aliphatic heterocycles. The molecule has 2 aromatic heterocycles. The Labute approximate surface area is 175 Å². The minimum absolute atomic E-state index is 0.139. The van der Waals surface area contributed by atoms with Crippen molar-refractivity contribution in [1.29, 1.82) is 0 Å². The van der Waals surface area contributed by atoms with E-state index in [0.29, 0.717) is 18.7 Å². The van der Waals surface area contributed by atoms with Crippen LogP contribution in [0.25, 0.3) is 22.0 Å². The van der Waals surface area contributed by atoms with Crippen molar-refractivity contribution in [3.8, 4) is 17.0 Å². The van der Waals surface area contributed by atoms with Crippen LogP contribution in [0.2, 0.25) is 0 Å². The molecule has 0 radical (unpaired) electrons. The second-order valence-corrected chi connectivity index (χ2v) is 6.94. The van der Waals surface area contributed by atoms with Crippen LogP contribution in [0.5, 0.6) is 5.75 Å². The highest BCUT2D eigenvalue weighted by Crippen LogP contribution is 2.30. The number of aryl methyl sites for hydroxylation is 1. The molecular formula is C24H24N4O2. The van der Waals surface area contributed by atoms with Crippen LogP contribution in [0.3, 0.4) is 0 Å². The number of rotatable bonds is 6. The number of nitrogens with zero attached hydrogens (tertiary/aromatic N) is 3. The number of aromatic nitrogens is 3. The Morgan fingerprint density at radius 3 is 2.50 bits per heavy atom. The molecule has 0 fully saturated rings. The third kappa shape index (κ3) is 3.52. The lowest BCUT2D eigenvalue weighted by Crippen LogP contribution is -2.27. The molecule has 6 nitrogen and oxygen atoms in total. The van der Waals surface area contributed by atoms with Crippen molar-refractivity contribution in [3.05, 3.63) is 76.8 Å². The Morgan fingerprint density at radius 1 is 1.03 bits per heavy atom. The lowest BCUT2D eigenvalue weighted by Gasteiger charge is -2.17. The van der Waals surface area contributed by atoms with E-state index in [-0.39, 0.29) is 5.56 Å². The van der Waals surface area contributed by atoms with E-state index in [0.717, 1.165) is 39.0 Å². The normalized spacial score (nSPS) is 10.9. The molecule has 30 heavy (non-hydrogen) atoms. The number of anilines is 2. The molecule has 0 unspecified atom stereocenters. The number of ether oxygens (including phenoxy) is 1. The van der Waals surface area contributed by atoms with Crippen LogP contribution < -0.4 is 15.6 Å². The number of fused-ring (bicyclic) bond motifs is 1. The van der Waals surface area contributed by atoms with E-state index in [1.165, 1.54) is 4.68 Å². The topological polar surface area (TPSA) is 69.0 Å². The molecule has 0 saturated carbocycles. The number of nitrogens with one attached hydrogen (secondary N) is 1. The number of hydrogen-bond donors (Lipinski definition) is 1. The van der Waals surface area contributed by atoms with Gasteiger partial charge in [0.05, 0.1) is 24.7 Å². The van der Waals surface area contributed by atoms with Crippen LogP contribution >= 0.6 is 0 Å². The third-order valence-corrected chi connectivity index (χ3v) is 5.20. The van der Waals surface area contributed by atoms with E-state index in [2.05, 4.69) is 15.4 Å². The second-order valence-electron chi connectivity index (χ2n) is 6.94. The first-order chi connectivity index (χ1) is 14.7. The molecule has 2 aromatic carbocycles. The smallest absolute Gasteiger partial charge is 0.290 e. The van der Waals surface area contributed by atoms with Gasteiger partial charge in [0.25, 0.3) is 5.56 Å². The van der Waals surface area contributed by atoms with Gasteiger partial charge in [0.1, 0.15) is 11.4 Å². The summed E-state index contributed by atoms with van der Waals surface area (Å²) in [4.78, 5) is 17.5. The van der Waals surface area contributed by atoms with Crippen molar-refractivity contribution in [2.45, 2.75) is 26.8 Å². The van der Waals surface area contributed by atoms with Gasteiger partial charge in [-0.25, -0.2) is 4.68 Å². The number of pyridine rings is 1. The van der Waals surface area contributed by atoms with Crippen molar-refractivity contribution < 1.29 is 4.74 Å². The Kier molecular flexibility index (Phi) is 5.48. The SMILES string of the molecule is CCc1c(-c2ccc(OC)cc2)nn(CC)c(=O)c1Nc1cncc2ccccc12. The van der Waals surface area contributed by atoms with Crippen LogP contribution in [0, 0.1) is 0 Å². The van der Waals surface area contributed by atoms with Crippen molar-refractivity contribution in [2.24, 2.45) is 0 Å². The standard InChI is InChI=1S/C24H24N4O2/c1-4-19-22(16-10-12-18(30-3)13-11-16)27-28(5-2)24(29)23(19)26-21-15-25-14-17-8-6-7-9-20(17)21/h6-15,26H,4-5H2,1-3H3. The molecule has 152 valence electrons. The predicted molar refractivity (Wildman–Crippen MR) is 121 cm³/mol. The number of benzene rings is 2. The third-order valence-electron chi connectivity index (χ3n) is 5.20. The molecule has 6 heteroatoms. The molecular weight excluding hydrogens is 376 g/mol. The quantitative estimate of drug-likeness (QED) is 0.504. The first-order valence-electron chi connectivity index (χ1n) is 10.0. The Bertz CT molecular complexity index is 1240.